The Balaban J connectivity index is 0.00000324. The number of hydrogen-bond acceptors (Lipinski definition) is 2. The third-order valence-electron chi connectivity index (χ3n) is 3.00. The van der Waals surface area contributed by atoms with E-state index in [1.165, 1.54) is 11.1 Å². The molecule has 0 saturated heterocycles. The topological polar surface area (TPSA) is 55.1 Å². The molecule has 1 amide bonds. The van der Waals surface area contributed by atoms with E-state index in [0.29, 0.717) is 12.5 Å². The molecule has 4 heteroatoms. The molecule has 3 nitrogen and oxygen atoms in total. The van der Waals surface area contributed by atoms with Crippen LogP contribution in [0.4, 0.5) is 0 Å². The number of aryl methyl sites for hydroxylation is 1. The first-order chi connectivity index (χ1) is 8.50. The average molecular weight is 285 g/mol. The van der Waals surface area contributed by atoms with Gasteiger partial charge in [0.25, 0.3) is 0 Å². The Labute approximate surface area is 122 Å². The minimum Gasteiger partial charge on any atom is -0.355 e. The summed E-state index contributed by atoms with van der Waals surface area (Å²) in [5.74, 6) is 0.495. The van der Waals surface area contributed by atoms with Crippen LogP contribution in [0.15, 0.2) is 24.3 Å². The molecule has 1 aromatic carbocycles. The van der Waals surface area contributed by atoms with Crippen LogP contribution in [0.2, 0.25) is 0 Å². The molecule has 19 heavy (non-hydrogen) atoms. The second kappa shape index (κ2) is 8.94. The van der Waals surface area contributed by atoms with E-state index in [1.807, 2.05) is 0 Å². The third-order valence-corrected chi connectivity index (χ3v) is 3.00. The maximum Gasteiger partial charge on any atom is 0.236 e. The van der Waals surface area contributed by atoms with E-state index in [9.17, 15) is 4.79 Å². The largest absolute Gasteiger partial charge is 0.355 e. The van der Waals surface area contributed by atoms with Gasteiger partial charge < -0.3 is 11.1 Å². The maximum absolute atomic E-state index is 11.2. The first-order valence-electron chi connectivity index (χ1n) is 6.63. The molecule has 1 rings (SSSR count). The summed E-state index contributed by atoms with van der Waals surface area (Å²) in [5.41, 5.74) is 8.14. The number of rotatable bonds is 6. The van der Waals surface area contributed by atoms with Crippen LogP contribution in [0.1, 0.15) is 44.2 Å². The van der Waals surface area contributed by atoms with Gasteiger partial charge in [-0.25, -0.2) is 0 Å². The first kappa shape index (κ1) is 17.9. The van der Waals surface area contributed by atoms with Crippen LogP contribution >= 0.6 is 12.4 Å². The fourth-order valence-electron chi connectivity index (χ4n) is 1.73. The van der Waals surface area contributed by atoms with Crippen molar-refractivity contribution in [1.29, 1.82) is 0 Å². The summed E-state index contributed by atoms with van der Waals surface area (Å²) in [6.07, 6.45) is 1.93. The highest BCUT2D eigenvalue weighted by Gasteiger charge is 2.05. The number of benzene rings is 1. The van der Waals surface area contributed by atoms with Crippen molar-refractivity contribution in [3.63, 3.8) is 0 Å². The van der Waals surface area contributed by atoms with Crippen molar-refractivity contribution < 1.29 is 4.79 Å². The van der Waals surface area contributed by atoms with Crippen LogP contribution in [0.3, 0.4) is 0 Å². The lowest BCUT2D eigenvalue weighted by Gasteiger charge is -2.09. The van der Waals surface area contributed by atoms with Crippen LogP contribution in [-0.2, 0) is 11.2 Å². The van der Waals surface area contributed by atoms with Crippen LogP contribution in [-0.4, -0.2) is 18.5 Å². The fourth-order valence-corrected chi connectivity index (χ4v) is 1.73. The molecule has 0 unspecified atom stereocenters. The molecule has 0 fully saturated rings. The lowest BCUT2D eigenvalue weighted by molar-refractivity contribution is -0.121. The quantitative estimate of drug-likeness (QED) is 0.789. The predicted molar refractivity (Wildman–Crippen MR) is 82.8 cm³/mol. The highest BCUT2D eigenvalue weighted by atomic mass is 35.5. The molecular weight excluding hydrogens is 260 g/mol. The normalized spacial score (nSPS) is 11.8. The lowest BCUT2D eigenvalue weighted by Crippen LogP contribution is -2.38. The van der Waals surface area contributed by atoms with E-state index in [-0.39, 0.29) is 18.3 Å². The third kappa shape index (κ3) is 6.60. The van der Waals surface area contributed by atoms with Gasteiger partial charge in [0, 0.05) is 6.54 Å². The SMILES string of the molecule is CC(C)c1ccc(CCCNC(=O)[C@H](C)N)cc1.Cl. The van der Waals surface area contributed by atoms with Gasteiger partial charge in [-0.05, 0) is 36.8 Å². The minimum absolute atomic E-state index is 0. The van der Waals surface area contributed by atoms with Crippen molar-refractivity contribution in [3.05, 3.63) is 35.4 Å². The number of nitrogens with one attached hydrogen (secondary N) is 1. The molecule has 1 aromatic rings. The molecular formula is C15H25ClN2O. The summed E-state index contributed by atoms with van der Waals surface area (Å²) < 4.78 is 0. The van der Waals surface area contributed by atoms with Gasteiger partial charge in [0.2, 0.25) is 5.91 Å². The van der Waals surface area contributed by atoms with Crippen LogP contribution in [0, 0.1) is 0 Å². The number of halogens is 1. The van der Waals surface area contributed by atoms with E-state index >= 15 is 0 Å². The van der Waals surface area contributed by atoms with E-state index in [2.05, 4.69) is 43.4 Å². The summed E-state index contributed by atoms with van der Waals surface area (Å²) in [4.78, 5) is 11.2. The van der Waals surface area contributed by atoms with Gasteiger partial charge in [0.1, 0.15) is 0 Å². The molecule has 0 aromatic heterocycles. The zero-order valence-corrected chi connectivity index (χ0v) is 12.8. The smallest absolute Gasteiger partial charge is 0.236 e. The van der Waals surface area contributed by atoms with Crippen molar-refractivity contribution in [2.45, 2.75) is 45.6 Å². The number of hydrogen-bond donors (Lipinski definition) is 2. The van der Waals surface area contributed by atoms with E-state index in [4.69, 9.17) is 5.73 Å². The Bertz CT molecular complexity index is 374. The van der Waals surface area contributed by atoms with Crippen molar-refractivity contribution >= 4 is 18.3 Å². The summed E-state index contributed by atoms with van der Waals surface area (Å²) in [6.45, 7) is 6.77. The summed E-state index contributed by atoms with van der Waals surface area (Å²) in [6, 6.07) is 8.28. The predicted octanol–water partition coefficient (Wildman–Crippen LogP) is 2.63. The Morgan fingerprint density at radius 3 is 2.26 bits per heavy atom. The Hall–Kier alpha value is -1.06. The summed E-state index contributed by atoms with van der Waals surface area (Å²) >= 11 is 0. The highest BCUT2D eigenvalue weighted by Crippen LogP contribution is 2.15. The second-order valence-electron chi connectivity index (χ2n) is 5.08. The zero-order chi connectivity index (χ0) is 13.5. The molecule has 0 saturated carbocycles. The number of carbonyl (C=O) groups is 1. The van der Waals surface area contributed by atoms with Crippen LogP contribution in [0.5, 0.6) is 0 Å². The van der Waals surface area contributed by atoms with Crippen molar-refractivity contribution in [2.75, 3.05) is 6.54 Å². The van der Waals surface area contributed by atoms with Gasteiger partial charge in [-0.2, -0.15) is 0 Å². The maximum atomic E-state index is 11.2. The first-order valence-corrected chi connectivity index (χ1v) is 6.63. The monoisotopic (exact) mass is 284 g/mol. The molecule has 0 spiro atoms. The fraction of sp³-hybridized carbons (Fsp3) is 0.533. The molecule has 0 aliphatic rings. The van der Waals surface area contributed by atoms with Gasteiger partial charge >= 0.3 is 0 Å². The highest BCUT2D eigenvalue weighted by molar-refractivity contribution is 5.85. The molecule has 0 aliphatic heterocycles. The van der Waals surface area contributed by atoms with Gasteiger partial charge in [-0.1, -0.05) is 38.1 Å². The molecule has 0 bridgehead atoms. The molecule has 0 heterocycles. The number of nitrogens with two attached hydrogens (primary N) is 1. The van der Waals surface area contributed by atoms with Gasteiger partial charge in [0.05, 0.1) is 6.04 Å². The van der Waals surface area contributed by atoms with Crippen LogP contribution < -0.4 is 11.1 Å². The molecule has 0 aliphatic carbocycles. The Kier molecular flexibility index (Phi) is 8.44. The number of carbonyl (C=O) groups excluding carboxylic acids is 1. The number of amides is 1. The molecule has 0 radical (unpaired) electrons. The summed E-state index contributed by atoms with van der Waals surface area (Å²) in [7, 11) is 0. The van der Waals surface area contributed by atoms with Crippen molar-refractivity contribution in [2.24, 2.45) is 5.73 Å². The van der Waals surface area contributed by atoms with E-state index < -0.39 is 6.04 Å². The van der Waals surface area contributed by atoms with E-state index in [0.717, 1.165) is 12.8 Å². The molecule has 3 N–H and O–H groups in total. The Morgan fingerprint density at radius 2 is 1.79 bits per heavy atom. The van der Waals surface area contributed by atoms with Crippen LogP contribution in [0.25, 0.3) is 0 Å². The van der Waals surface area contributed by atoms with Gasteiger partial charge in [0.15, 0.2) is 0 Å². The van der Waals surface area contributed by atoms with E-state index in [1.54, 1.807) is 6.92 Å². The van der Waals surface area contributed by atoms with Gasteiger partial charge in [-0.3, -0.25) is 4.79 Å². The summed E-state index contributed by atoms with van der Waals surface area (Å²) in [5, 5.41) is 2.82. The zero-order valence-electron chi connectivity index (χ0n) is 12.0. The van der Waals surface area contributed by atoms with Gasteiger partial charge in [-0.15, -0.1) is 12.4 Å². The standard InChI is InChI=1S/C15H24N2O.ClH/c1-11(2)14-8-6-13(7-9-14)5-4-10-17-15(18)12(3)16;/h6-9,11-12H,4-5,10,16H2,1-3H3,(H,17,18);1H/t12-;/m0./s1. The van der Waals surface area contributed by atoms with Crippen molar-refractivity contribution in [1.82, 2.24) is 5.32 Å². The van der Waals surface area contributed by atoms with Crippen molar-refractivity contribution in [3.8, 4) is 0 Å². The molecule has 1 atom stereocenters. The Morgan fingerprint density at radius 1 is 1.21 bits per heavy atom. The minimum atomic E-state index is -0.421. The average Bonchev–Trinajstić information content (AvgIpc) is 2.34. The second-order valence-corrected chi connectivity index (χ2v) is 5.08. The lowest BCUT2D eigenvalue weighted by atomic mass is 10.0. The molecule has 108 valence electrons.